The van der Waals surface area contributed by atoms with Gasteiger partial charge in [-0.05, 0) is 49.9 Å². The topological polar surface area (TPSA) is 9.23 Å². The first kappa shape index (κ1) is 10.1. The Morgan fingerprint density at radius 2 is 1.67 bits per heavy atom. The zero-order valence-electron chi connectivity index (χ0n) is 9.79. The smallest absolute Gasteiger partial charge is 0.0604 e. The van der Waals surface area contributed by atoms with Crippen LogP contribution in [0, 0.1) is 17.8 Å². The summed E-state index contributed by atoms with van der Waals surface area (Å²) in [5, 5.41) is 0. The monoisotopic (exact) mass is 208 g/mol. The van der Waals surface area contributed by atoms with Gasteiger partial charge < -0.3 is 4.74 Å². The Kier molecular flexibility index (Phi) is 3.01. The molecule has 1 atom stereocenters. The molecule has 0 bridgehead atoms. The van der Waals surface area contributed by atoms with Crippen LogP contribution in [0.4, 0.5) is 0 Å². The van der Waals surface area contributed by atoms with Gasteiger partial charge in [-0.1, -0.05) is 25.7 Å². The highest BCUT2D eigenvalue weighted by Crippen LogP contribution is 2.45. The average molecular weight is 208 g/mol. The minimum atomic E-state index is 0.657. The van der Waals surface area contributed by atoms with Gasteiger partial charge in [-0.3, -0.25) is 0 Å². The standard InChI is InChI=1S/C14H24O/c1-2-5-11(4-1)8-12-9-13(10-12)14-6-3-7-15-14/h11-14H,1-10H2. The van der Waals surface area contributed by atoms with E-state index in [0.29, 0.717) is 6.10 Å². The maximum atomic E-state index is 5.78. The lowest BCUT2D eigenvalue weighted by molar-refractivity contribution is -0.00117. The summed E-state index contributed by atoms with van der Waals surface area (Å²) >= 11 is 0. The Morgan fingerprint density at radius 3 is 2.33 bits per heavy atom. The maximum Gasteiger partial charge on any atom is 0.0604 e. The molecule has 15 heavy (non-hydrogen) atoms. The Balaban J connectivity index is 1.37. The normalized spacial score (nSPS) is 42.0. The van der Waals surface area contributed by atoms with Crippen molar-refractivity contribution < 1.29 is 4.74 Å². The van der Waals surface area contributed by atoms with E-state index in [-0.39, 0.29) is 0 Å². The lowest BCUT2D eigenvalue weighted by Crippen LogP contribution is -2.34. The molecular weight excluding hydrogens is 184 g/mol. The SMILES string of the molecule is C1CCC(CC2CC(C3CCCO3)C2)C1. The Hall–Kier alpha value is -0.0400. The molecule has 3 aliphatic rings. The van der Waals surface area contributed by atoms with E-state index >= 15 is 0 Å². The summed E-state index contributed by atoms with van der Waals surface area (Å²) in [5.74, 6) is 3.11. The Bertz CT molecular complexity index is 195. The third-order valence-corrected chi connectivity index (χ3v) is 4.90. The summed E-state index contributed by atoms with van der Waals surface area (Å²) in [6.45, 7) is 1.04. The molecule has 3 rings (SSSR count). The largest absolute Gasteiger partial charge is 0.378 e. The molecule has 0 aromatic carbocycles. The zero-order valence-corrected chi connectivity index (χ0v) is 9.79. The molecule has 1 unspecified atom stereocenters. The molecule has 0 aromatic heterocycles. The first-order valence-electron chi connectivity index (χ1n) is 7.03. The quantitative estimate of drug-likeness (QED) is 0.686. The summed E-state index contributed by atoms with van der Waals surface area (Å²) in [7, 11) is 0. The van der Waals surface area contributed by atoms with Gasteiger partial charge >= 0.3 is 0 Å². The Morgan fingerprint density at radius 1 is 0.867 bits per heavy atom. The van der Waals surface area contributed by atoms with Gasteiger partial charge in [0.15, 0.2) is 0 Å². The average Bonchev–Trinajstić information content (AvgIpc) is 2.83. The highest BCUT2D eigenvalue weighted by atomic mass is 16.5. The number of hydrogen-bond donors (Lipinski definition) is 0. The van der Waals surface area contributed by atoms with Crippen LogP contribution in [-0.4, -0.2) is 12.7 Å². The molecule has 0 radical (unpaired) electrons. The Labute approximate surface area is 93.6 Å². The molecule has 1 nitrogen and oxygen atoms in total. The zero-order chi connectivity index (χ0) is 10.1. The summed E-state index contributed by atoms with van der Waals surface area (Å²) in [6.07, 6.45) is 13.9. The van der Waals surface area contributed by atoms with Gasteiger partial charge in [0.1, 0.15) is 0 Å². The van der Waals surface area contributed by atoms with E-state index in [1.54, 1.807) is 6.42 Å². The molecule has 0 aromatic rings. The molecule has 1 heterocycles. The summed E-state index contributed by atoms with van der Waals surface area (Å²) in [4.78, 5) is 0. The molecule has 0 amide bonds. The van der Waals surface area contributed by atoms with Crippen LogP contribution in [0.2, 0.25) is 0 Å². The summed E-state index contributed by atoms with van der Waals surface area (Å²) in [5.41, 5.74) is 0. The number of rotatable bonds is 3. The van der Waals surface area contributed by atoms with E-state index in [9.17, 15) is 0 Å². The van der Waals surface area contributed by atoms with Crippen molar-refractivity contribution in [2.24, 2.45) is 17.8 Å². The summed E-state index contributed by atoms with van der Waals surface area (Å²) in [6, 6.07) is 0. The van der Waals surface area contributed by atoms with Crippen molar-refractivity contribution in [1.82, 2.24) is 0 Å². The van der Waals surface area contributed by atoms with Gasteiger partial charge in [0.05, 0.1) is 6.10 Å². The van der Waals surface area contributed by atoms with Gasteiger partial charge in [-0.2, -0.15) is 0 Å². The molecule has 0 spiro atoms. The van der Waals surface area contributed by atoms with Crippen molar-refractivity contribution in [3.8, 4) is 0 Å². The van der Waals surface area contributed by atoms with Crippen molar-refractivity contribution in [2.75, 3.05) is 6.61 Å². The van der Waals surface area contributed by atoms with Crippen LogP contribution >= 0.6 is 0 Å². The molecular formula is C14H24O. The molecule has 2 aliphatic carbocycles. The minimum absolute atomic E-state index is 0.657. The van der Waals surface area contributed by atoms with Crippen molar-refractivity contribution in [1.29, 1.82) is 0 Å². The van der Waals surface area contributed by atoms with E-state index < -0.39 is 0 Å². The van der Waals surface area contributed by atoms with Crippen LogP contribution in [0.5, 0.6) is 0 Å². The van der Waals surface area contributed by atoms with Gasteiger partial charge in [-0.25, -0.2) is 0 Å². The predicted molar refractivity (Wildman–Crippen MR) is 61.8 cm³/mol. The van der Waals surface area contributed by atoms with Crippen LogP contribution < -0.4 is 0 Å². The van der Waals surface area contributed by atoms with E-state index in [1.165, 1.54) is 51.4 Å². The second-order valence-electron chi connectivity index (χ2n) is 6.04. The fourth-order valence-corrected chi connectivity index (χ4v) is 3.98. The first-order chi connectivity index (χ1) is 7.42. The van der Waals surface area contributed by atoms with Gasteiger partial charge in [-0.15, -0.1) is 0 Å². The highest BCUT2D eigenvalue weighted by molar-refractivity contribution is 4.88. The summed E-state index contributed by atoms with van der Waals surface area (Å²) < 4.78 is 5.78. The van der Waals surface area contributed by atoms with Crippen molar-refractivity contribution in [3.63, 3.8) is 0 Å². The van der Waals surface area contributed by atoms with Gasteiger partial charge in [0.2, 0.25) is 0 Å². The van der Waals surface area contributed by atoms with E-state index in [1.807, 2.05) is 0 Å². The fraction of sp³-hybridized carbons (Fsp3) is 1.00. The fourth-order valence-electron chi connectivity index (χ4n) is 3.98. The van der Waals surface area contributed by atoms with E-state index in [4.69, 9.17) is 4.74 Å². The second kappa shape index (κ2) is 4.45. The third kappa shape index (κ3) is 2.22. The van der Waals surface area contributed by atoms with Crippen molar-refractivity contribution in [2.45, 2.75) is 63.9 Å². The van der Waals surface area contributed by atoms with Gasteiger partial charge in [0, 0.05) is 6.61 Å². The van der Waals surface area contributed by atoms with Crippen molar-refractivity contribution in [3.05, 3.63) is 0 Å². The molecule has 1 aliphatic heterocycles. The van der Waals surface area contributed by atoms with Crippen LogP contribution in [0.3, 0.4) is 0 Å². The molecule has 2 saturated carbocycles. The van der Waals surface area contributed by atoms with E-state index in [2.05, 4.69) is 0 Å². The lowest BCUT2D eigenvalue weighted by atomic mass is 9.68. The predicted octanol–water partition coefficient (Wildman–Crippen LogP) is 3.77. The number of hydrogen-bond acceptors (Lipinski definition) is 1. The second-order valence-corrected chi connectivity index (χ2v) is 6.04. The maximum absolute atomic E-state index is 5.78. The molecule has 1 saturated heterocycles. The van der Waals surface area contributed by atoms with E-state index in [0.717, 1.165) is 24.4 Å². The molecule has 3 fully saturated rings. The van der Waals surface area contributed by atoms with Gasteiger partial charge in [0.25, 0.3) is 0 Å². The van der Waals surface area contributed by atoms with Crippen LogP contribution in [-0.2, 0) is 4.74 Å². The highest BCUT2D eigenvalue weighted by Gasteiger charge is 2.37. The lowest BCUT2D eigenvalue weighted by Gasteiger charge is -2.39. The third-order valence-electron chi connectivity index (χ3n) is 4.90. The van der Waals surface area contributed by atoms with Crippen LogP contribution in [0.1, 0.15) is 57.8 Å². The molecule has 0 N–H and O–H groups in total. The number of ether oxygens (including phenoxy) is 1. The van der Waals surface area contributed by atoms with Crippen LogP contribution in [0.25, 0.3) is 0 Å². The molecule has 1 heteroatoms. The minimum Gasteiger partial charge on any atom is -0.378 e. The van der Waals surface area contributed by atoms with Crippen molar-refractivity contribution >= 4 is 0 Å². The first-order valence-corrected chi connectivity index (χ1v) is 7.03. The molecule has 86 valence electrons. The van der Waals surface area contributed by atoms with Crippen LogP contribution in [0.15, 0.2) is 0 Å².